The number of nitrogens with one attached hydrogen (secondary N) is 2. The lowest BCUT2D eigenvalue weighted by Gasteiger charge is -2.06. The van der Waals surface area contributed by atoms with Crippen molar-refractivity contribution in [2.24, 2.45) is 0 Å². The summed E-state index contributed by atoms with van der Waals surface area (Å²) >= 11 is 1.60. The Bertz CT molecular complexity index is 687. The molecule has 3 nitrogen and oxygen atoms in total. The maximum absolute atomic E-state index is 13.1. The first-order valence-corrected chi connectivity index (χ1v) is 6.86. The predicted octanol–water partition coefficient (Wildman–Crippen LogP) is 4.03. The van der Waals surface area contributed by atoms with Gasteiger partial charge >= 0.3 is 0 Å². The molecule has 1 aromatic carbocycles. The van der Waals surface area contributed by atoms with Gasteiger partial charge in [0.25, 0.3) is 0 Å². The molecule has 0 amide bonds. The second kappa shape index (κ2) is 5.42. The van der Waals surface area contributed by atoms with Gasteiger partial charge in [0, 0.05) is 23.9 Å². The van der Waals surface area contributed by atoms with Crippen molar-refractivity contribution in [1.82, 2.24) is 10.2 Å². The molecule has 0 saturated carbocycles. The monoisotopic (exact) mass is 291 g/mol. The van der Waals surface area contributed by atoms with E-state index in [0.29, 0.717) is 12.2 Å². The summed E-state index contributed by atoms with van der Waals surface area (Å²) in [6, 6.07) is 7.31. The highest BCUT2D eigenvalue weighted by atomic mass is 32.1. The predicted molar refractivity (Wildman–Crippen MR) is 75.6 cm³/mol. The molecule has 0 saturated heterocycles. The van der Waals surface area contributed by atoms with Gasteiger partial charge in [-0.1, -0.05) is 6.07 Å². The van der Waals surface area contributed by atoms with Crippen molar-refractivity contribution >= 4 is 17.0 Å². The minimum Gasteiger partial charge on any atom is -0.381 e. The van der Waals surface area contributed by atoms with E-state index in [4.69, 9.17) is 0 Å². The average molecular weight is 291 g/mol. The minimum absolute atomic E-state index is 0.404. The van der Waals surface area contributed by atoms with Gasteiger partial charge in [-0.25, -0.2) is 8.78 Å². The number of hydrogen-bond acceptors (Lipinski definition) is 3. The Kier molecular flexibility index (Phi) is 3.47. The lowest BCUT2D eigenvalue weighted by Crippen LogP contribution is -2.00. The van der Waals surface area contributed by atoms with Gasteiger partial charge in [0.1, 0.15) is 11.6 Å². The highest BCUT2D eigenvalue weighted by molar-refractivity contribution is 7.13. The molecule has 0 radical (unpaired) electrons. The highest BCUT2D eigenvalue weighted by Crippen LogP contribution is 2.26. The van der Waals surface area contributed by atoms with Crippen LogP contribution in [0, 0.1) is 11.6 Å². The van der Waals surface area contributed by atoms with E-state index in [9.17, 15) is 8.78 Å². The van der Waals surface area contributed by atoms with E-state index in [0.717, 1.165) is 22.2 Å². The Morgan fingerprint density at radius 2 is 2.00 bits per heavy atom. The number of benzene rings is 1. The number of aromatic amines is 1. The van der Waals surface area contributed by atoms with Gasteiger partial charge in [-0.2, -0.15) is 5.10 Å². The standard InChI is InChI=1S/C14H11F2N3S/c15-10-4-11(16)6-12(5-10)17-7-9-8-18-19-14(9)13-2-1-3-20-13/h1-6,8,17H,7H2,(H,18,19). The smallest absolute Gasteiger partial charge is 0.128 e. The Morgan fingerprint density at radius 3 is 2.70 bits per heavy atom. The first-order valence-electron chi connectivity index (χ1n) is 5.98. The molecule has 2 N–H and O–H groups in total. The average Bonchev–Trinajstić information content (AvgIpc) is 3.06. The Balaban J connectivity index is 1.78. The summed E-state index contributed by atoms with van der Waals surface area (Å²) in [6.45, 7) is 0.437. The van der Waals surface area contributed by atoms with Crippen LogP contribution in [-0.4, -0.2) is 10.2 Å². The second-order valence-electron chi connectivity index (χ2n) is 4.26. The SMILES string of the molecule is Fc1cc(F)cc(NCc2cn[nH]c2-c2cccs2)c1. The first kappa shape index (κ1) is 12.8. The summed E-state index contributed by atoms with van der Waals surface area (Å²) in [4.78, 5) is 1.07. The van der Waals surface area contributed by atoms with Crippen LogP contribution < -0.4 is 5.32 Å². The molecular formula is C14H11F2N3S. The molecule has 0 aliphatic carbocycles. The lowest BCUT2D eigenvalue weighted by molar-refractivity contribution is 0.584. The van der Waals surface area contributed by atoms with E-state index in [1.54, 1.807) is 17.5 Å². The van der Waals surface area contributed by atoms with Gasteiger partial charge in [0.05, 0.1) is 16.8 Å². The number of thiophene rings is 1. The van der Waals surface area contributed by atoms with E-state index in [1.807, 2.05) is 17.5 Å². The number of rotatable bonds is 4. The van der Waals surface area contributed by atoms with Gasteiger partial charge in [-0.15, -0.1) is 11.3 Å². The molecule has 102 valence electrons. The van der Waals surface area contributed by atoms with Crippen LogP contribution in [0.15, 0.2) is 41.9 Å². The Morgan fingerprint density at radius 1 is 1.20 bits per heavy atom. The van der Waals surface area contributed by atoms with Crippen LogP contribution in [0.5, 0.6) is 0 Å². The number of H-pyrrole nitrogens is 1. The zero-order chi connectivity index (χ0) is 13.9. The molecule has 3 aromatic rings. The Hall–Kier alpha value is -2.21. The summed E-state index contributed by atoms with van der Waals surface area (Å²) in [5.74, 6) is -1.20. The largest absolute Gasteiger partial charge is 0.381 e. The maximum atomic E-state index is 13.1. The molecule has 2 heterocycles. The number of nitrogens with zero attached hydrogens (tertiary/aromatic N) is 1. The molecule has 0 atom stereocenters. The number of halogens is 2. The highest BCUT2D eigenvalue weighted by Gasteiger charge is 2.09. The fourth-order valence-electron chi connectivity index (χ4n) is 1.93. The molecular weight excluding hydrogens is 280 g/mol. The summed E-state index contributed by atoms with van der Waals surface area (Å²) in [5, 5.41) is 11.9. The lowest BCUT2D eigenvalue weighted by atomic mass is 10.2. The van der Waals surface area contributed by atoms with E-state index in [2.05, 4.69) is 15.5 Å². The third-order valence-corrected chi connectivity index (χ3v) is 3.72. The van der Waals surface area contributed by atoms with E-state index in [1.165, 1.54) is 12.1 Å². The third kappa shape index (κ3) is 2.70. The topological polar surface area (TPSA) is 40.7 Å². The van der Waals surface area contributed by atoms with Crippen molar-refractivity contribution in [3.63, 3.8) is 0 Å². The Labute approximate surface area is 118 Å². The minimum atomic E-state index is -0.599. The van der Waals surface area contributed by atoms with Crippen LogP contribution in [0.4, 0.5) is 14.5 Å². The fourth-order valence-corrected chi connectivity index (χ4v) is 2.69. The third-order valence-electron chi connectivity index (χ3n) is 2.83. The first-order chi connectivity index (χ1) is 9.72. The molecule has 0 spiro atoms. The molecule has 0 unspecified atom stereocenters. The van der Waals surface area contributed by atoms with Gasteiger partial charge in [0.2, 0.25) is 0 Å². The van der Waals surface area contributed by atoms with Crippen molar-refractivity contribution in [2.45, 2.75) is 6.54 Å². The molecule has 0 aliphatic heterocycles. The normalized spacial score (nSPS) is 10.7. The molecule has 2 aromatic heterocycles. The van der Waals surface area contributed by atoms with Gasteiger partial charge in [-0.3, -0.25) is 5.10 Å². The molecule has 0 bridgehead atoms. The summed E-state index contributed by atoms with van der Waals surface area (Å²) in [5.41, 5.74) is 2.27. The van der Waals surface area contributed by atoms with Crippen LogP contribution in [0.2, 0.25) is 0 Å². The van der Waals surface area contributed by atoms with E-state index in [-0.39, 0.29) is 0 Å². The zero-order valence-electron chi connectivity index (χ0n) is 10.4. The van der Waals surface area contributed by atoms with Gasteiger partial charge in [-0.05, 0) is 23.6 Å². The van der Waals surface area contributed by atoms with Crippen LogP contribution >= 0.6 is 11.3 Å². The van der Waals surface area contributed by atoms with E-state index < -0.39 is 11.6 Å². The fraction of sp³-hybridized carbons (Fsp3) is 0.0714. The van der Waals surface area contributed by atoms with Gasteiger partial charge in [0.15, 0.2) is 0 Å². The summed E-state index contributed by atoms with van der Waals surface area (Å²) in [6.07, 6.45) is 1.71. The van der Waals surface area contributed by atoms with Crippen molar-refractivity contribution in [3.8, 4) is 10.6 Å². The number of aromatic nitrogens is 2. The molecule has 6 heteroatoms. The number of anilines is 1. The summed E-state index contributed by atoms with van der Waals surface area (Å²) in [7, 11) is 0. The van der Waals surface area contributed by atoms with Crippen LogP contribution in [-0.2, 0) is 6.54 Å². The van der Waals surface area contributed by atoms with Crippen LogP contribution in [0.1, 0.15) is 5.56 Å². The molecule has 0 aliphatic rings. The van der Waals surface area contributed by atoms with Crippen molar-refractivity contribution in [1.29, 1.82) is 0 Å². The molecule has 3 rings (SSSR count). The van der Waals surface area contributed by atoms with Gasteiger partial charge < -0.3 is 5.32 Å². The van der Waals surface area contributed by atoms with Crippen molar-refractivity contribution < 1.29 is 8.78 Å². The van der Waals surface area contributed by atoms with Crippen LogP contribution in [0.25, 0.3) is 10.6 Å². The van der Waals surface area contributed by atoms with Crippen molar-refractivity contribution in [2.75, 3.05) is 5.32 Å². The maximum Gasteiger partial charge on any atom is 0.128 e. The van der Waals surface area contributed by atoms with Crippen molar-refractivity contribution in [3.05, 3.63) is 59.1 Å². The second-order valence-corrected chi connectivity index (χ2v) is 5.21. The summed E-state index contributed by atoms with van der Waals surface area (Å²) < 4.78 is 26.2. The quantitative estimate of drug-likeness (QED) is 0.762. The zero-order valence-corrected chi connectivity index (χ0v) is 11.2. The number of hydrogen-bond donors (Lipinski definition) is 2. The van der Waals surface area contributed by atoms with Crippen LogP contribution in [0.3, 0.4) is 0 Å². The molecule has 20 heavy (non-hydrogen) atoms. The molecule has 0 fully saturated rings. The van der Waals surface area contributed by atoms with E-state index >= 15 is 0 Å².